The molecule has 2 aliphatic rings. The van der Waals surface area contributed by atoms with E-state index >= 15 is 0 Å². The number of nitrogens with one attached hydrogen (secondary N) is 1. The lowest BCUT2D eigenvalue weighted by Gasteiger charge is -2.27. The maximum atomic E-state index is 12.7. The van der Waals surface area contributed by atoms with E-state index < -0.39 is 9.84 Å². The van der Waals surface area contributed by atoms with Gasteiger partial charge in [-0.05, 0) is 62.7 Å². The minimum Gasteiger partial charge on any atom is -0.317 e. The van der Waals surface area contributed by atoms with Gasteiger partial charge in [0.05, 0.1) is 10.1 Å². The van der Waals surface area contributed by atoms with Gasteiger partial charge in [-0.1, -0.05) is 24.6 Å². The highest BCUT2D eigenvalue weighted by molar-refractivity contribution is 7.92. The number of hydrogen-bond donors (Lipinski definition) is 1. The van der Waals surface area contributed by atoms with Gasteiger partial charge >= 0.3 is 0 Å². The topological polar surface area (TPSA) is 46.2 Å². The molecule has 3 nitrogen and oxygen atoms in total. The van der Waals surface area contributed by atoms with Crippen LogP contribution in [0.3, 0.4) is 0 Å². The summed E-state index contributed by atoms with van der Waals surface area (Å²) in [6.45, 7) is 2.12. The zero-order valence-corrected chi connectivity index (χ0v) is 12.7. The van der Waals surface area contributed by atoms with Crippen molar-refractivity contribution in [3.63, 3.8) is 0 Å². The van der Waals surface area contributed by atoms with Crippen LogP contribution in [0.4, 0.5) is 0 Å². The highest BCUT2D eigenvalue weighted by atomic mass is 32.2. The summed E-state index contributed by atoms with van der Waals surface area (Å²) in [7, 11) is -3.10. The van der Waals surface area contributed by atoms with Crippen LogP contribution in [0, 0.1) is 5.92 Å². The fourth-order valence-corrected chi connectivity index (χ4v) is 5.31. The lowest BCUT2D eigenvalue weighted by atomic mass is 9.91. The van der Waals surface area contributed by atoms with Crippen LogP contribution in [0.25, 0.3) is 0 Å². The third-order valence-corrected chi connectivity index (χ3v) is 7.10. The highest BCUT2D eigenvalue weighted by Crippen LogP contribution is 2.33. The molecule has 1 heterocycles. The van der Waals surface area contributed by atoms with Gasteiger partial charge in [-0.25, -0.2) is 8.42 Å². The van der Waals surface area contributed by atoms with Gasteiger partial charge in [0, 0.05) is 0 Å². The van der Waals surface area contributed by atoms with E-state index in [9.17, 15) is 8.42 Å². The molecule has 0 aromatic heterocycles. The standard InChI is InChI=1S/C16H23NO2S/c18-20(19,15-5-3-6-15)16-7-2-1-4-14(16)12-13-8-10-17-11-9-13/h1-2,4,7,13,15,17H,3,5-6,8-12H2. The van der Waals surface area contributed by atoms with E-state index in [0.717, 1.165) is 57.2 Å². The Bertz CT molecular complexity index is 558. The quantitative estimate of drug-likeness (QED) is 0.928. The number of benzene rings is 1. The Morgan fingerprint density at radius 3 is 2.40 bits per heavy atom. The molecule has 1 aromatic carbocycles. The largest absolute Gasteiger partial charge is 0.317 e. The molecule has 2 fully saturated rings. The Morgan fingerprint density at radius 2 is 1.75 bits per heavy atom. The molecule has 1 saturated heterocycles. The van der Waals surface area contributed by atoms with Crippen LogP contribution in [0.2, 0.25) is 0 Å². The molecule has 1 N–H and O–H groups in total. The van der Waals surface area contributed by atoms with Crippen LogP contribution in [0.15, 0.2) is 29.2 Å². The summed E-state index contributed by atoms with van der Waals surface area (Å²) >= 11 is 0. The average Bonchev–Trinajstić information content (AvgIpc) is 2.38. The maximum absolute atomic E-state index is 12.7. The number of rotatable bonds is 4. The number of piperidine rings is 1. The lowest BCUT2D eigenvalue weighted by Crippen LogP contribution is -2.31. The second kappa shape index (κ2) is 5.86. The summed E-state index contributed by atoms with van der Waals surface area (Å²) in [6, 6.07) is 7.64. The van der Waals surface area contributed by atoms with Crippen molar-refractivity contribution in [2.75, 3.05) is 13.1 Å². The van der Waals surface area contributed by atoms with Crippen molar-refractivity contribution in [3.8, 4) is 0 Å². The van der Waals surface area contributed by atoms with E-state index in [1.807, 2.05) is 24.3 Å². The van der Waals surface area contributed by atoms with Crippen molar-refractivity contribution >= 4 is 9.84 Å². The third-order valence-electron chi connectivity index (χ3n) is 4.74. The maximum Gasteiger partial charge on any atom is 0.181 e. The molecule has 1 aliphatic carbocycles. The highest BCUT2D eigenvalue weighted by Gasteiger charge is 2.34. The summed E-state index contributed by atoms with van der Waals surface area (Å²) in [4.78, 5) is 0.600. The molecule has 1 saturated carbocycles. The normalized spacial score (nSPS) is 21.6. The number of sulfone groups is 1. The molecular weight excluding hydrogens is 270 g/mol. The zero-order chi connectivity index (χ0) is 14.0. The minimum absolute atomic E-state index is 0.128. The Morgan fingerprint density at radius 1 is 1.05 bits per heavy atom. The molecule has 4 heteroatoms. The van der Waals surface area contributed by atoms with Gasteiger partial charge in [0.15, 0.2) is 9.84 Å². The number of hydrogen-bond acceptors (Lipinski definition) is 3. The molecule has 3 rings (SSSR count). The average molecular weight is 293 g/mol. The first-order valence-electron chi connectivity index (χ1n) is 7.70. The molecular formula is C16H23NO2S. The van der Waals surface area contributed by atoms with Gasteiger partial charge in [0.2, 0.25) is 0 Å². The van der Waals surface area contributed by atoms with E-state index in [0.29, 0.717) is 10.8 Å². The molecule has 0 unspecified atom stereocenters. The predicted molar refractivity (Wildman–Crippen MR) is 80.6 cm³/mol. The molecule has 110 valence electrons. The Hall–Kier alpha value is -0.870. The SMILES string of the molecule is O=S(=O)(c1ccccc1CC1CCNCC1)C1CCC1. The Kier molecular flexibility index (Phi) is 4.13. The van der Waals surface area contributed by atoms with Crippen molar-refractivity contribution in [2.24, 2.45) is 5.92 Å². The van der Waals surface area contributed by atoms with Crippen molar-refractivity contribution in [2.45, 2.75) is 48.7 Å². The van der Waals surface area contributed by atoms with Crippen LogP contribution in [0.5, 0.6) is 0 Å². The molecule has 0 bridgehead atoms. The van der Waals surface area contributed by atoms with E-state index in [-0.39, 0.29) is 5.25 Å². The van der Waals surface area contributed by atoms with E-state index in [4.69, 9.17) is 0 Å². The van der Waals surface area contributed by atoms with Crippen molar-refractivity contribution in [1.29, 1.82) is 0 Å². The van der Waals surface area contributed by atoms with Gasteiger partial charge in [0.25, 0.3) is 0 Å². The van der Waals surface area contributed by atoms with Crippen LogP contribution < -0.4 is 5.32 Å². The van der Waals surface area contributed by atoms with Crippen molar-refractivity contribution in [3.05, 3.63) is 29.8 Å². The molecule has 1 aliphatic heterocycles. The third kappa shape index (κ3) is 2.77. The monoisotopic (exact) mass is 293 g/mol. The van der Waals surface area contributed by atoms with Crippen molar-refractivity contribution in [1.82, 2.24) is 5.32 Å². The summed E-state index contributed by atoms with van der Waals surface area (Å²) in [5.74, 6) is 0.619. The van der Waals surface area contributed by atoms with Gasteiger partial charge in [-0.3, -0.25) is 0 Å². The minimum atomic E-state index is -3.10. The summed E-state index contributed by atoms with van der Waals surface area (Å²) in [6.07, 6.45) is 5.94. The van der Waals surface area contributed by atoms with Crippen LogP contribution in [-0.2, 0) is 16.3 Å². The molecule has 0 radical (unpaired) electrons. The first-order chi connectivity index (χ1) is 9.68. The lowest BCUT2D eigenvalue weighted by molar-refractivity contribution is 0.371. The van der Waals surface area contributed by atoms with Crippen molar-refractivity contribution < 1.29 is 8.42 Å². The Balaban J connectivity index is 1.84. The molecule has 0 amide bonds. The first-order valence-corrected chi connectivity index (χ1v) is 9.25. The summed E-state index contributed by atoms with van der Waals surface area (Å²) in [5, 5.41) is 3.24. The second-order valence-corrected chi connectivity index (χ2v) is 8.30. The van der Waals surface area contributed by atoms with Crippen LogP contribution in [0.1, 0.15) is 37.7 Å². The fraction of sp³-hybridized carbons (Fsp3) is 0.625. The van der Waals surface area contributed by atoms with Gasteiger partial charge in [0.1, 0.15) is 0 Å². The zero-order valence-electron chi connectivity index (χ0n) is 11.8. The van der Waals surface area contributed by atoms with E-state index in [1.165, 1.54) is 0 Å². The smallest absolute Gasteiger partial charge is 0.181 e. The van der Waals surface area contributed by atoms with E-state index in [1.54, 1.807) is 0 Å². The fourth-order valence-electron chi connectivity index (χ4n) is 3.21. The van der Waals surface area contributed by atoms with Crippen LogP contribution >= 0.6 is 0 Å². The second-order valence-electron chi connectivity index (χ2n) is 6.10. The summed E-state index contributed by atoms with van der Waals surface area (Å²) < 4.78 is 25.3. The summed E-state index contributed by atoms with van der Waals surface area (Å²) in [5.41, 5.74) is 1.03. The molecule has 1 aromatic rings. The van der Waals surface area contributed by atoms with Gasteiger partial charge in [-0.15, -0.1) is 0 Å². The van der Waals surface area contributed by atoms with E-state index in [2.05, 4.69) is 5.32 Å². The Labute approximate surface area is 121 Å². The first kappa shape index (κ1) is 14.1. The van der Waals surface area contributed by atoms with Gasteiger partial charge in [-0.2, -0.15) is 0 Å². The van der Waals surface area contributed by atoms with Gasteiger partial charge < -0.3 is 5.32 Å². The predicted octanol–water partition coefficient (Wildman–Crippen LogP) is 2.55. The molecule has 0 atom stereocenters. The molecule has 0 spiro atoms. The molecule has 20 heavy (non-hydrogen) atoms. The van der Waals surface area contributed by atoms with Crippen LogP contribution in [-0.4, -0.2) is 26.8 Å².